The second-order valence-electron chi connectivity index (χ2n) is 16.0. The van der Waals surface area contributed by atoms with E-state index in [2.05, 4.69) is 36.9 Å². The number of carboxylic acid groups (broad SMARTS) is 1. The number of nitrogens with two attached hydrogens (primary N) is 3. The molecule has 13 N–H and O–H groups in total. The molecule has 2 fully saturated rings. The van der Waals surface area contributed by atoms with E-state index in [-0.39, 0.29) is 61.2 Å². The highest BCUT2D eigenvalue weighted by molar-refractivity contribution is 8.76. The van der Waals surface area contributed by atoms with Crippen LogP contribution in [0.3, 0.4) is 0 Å². The van der Waals surface area contributed by atoms with E-state index in [9.17, 15) is 53.1 Å². The third-order valence-electron chi connectivity index (χ3n) is 10.7. The van der Waals surface area contributed by atoms with Gasteiger partial charge in [-0.1, -0.05) is 51.9 Å². The number of aliphatic imine (C=N–C) groups is 1. The Morgan fingerprint density at radius 1 is 0.742 bits per heavy atom. The third-order valence-corrected chi connectivity index (χ3v) is 14.1. The van der Waals surface area contributed by atoms with Crippen LogP contribution in [0.1, 0.15) is 63.4 Å². The van der Waals surface area contributed by atoms with E-state index in [1.54, 1.807) is 37.4 Å². The van der Waals surface area contributed by atoms with Crippen LogP contribution in [0.15, 0.2) is 35.3 Å². The number of amides is 6. The second kappa shape index (κ2) is 29.4. The Morgan fingerprint density at radius 3 is 2.00 bits per heavy atom. The van der Waals surface area contributed by atoms with Crippen LogP contribution in [0.4, 0.5) is 0 Å². The molecule has 0 saturated carbocycles. The number of hydrogen-bond acceptors (Lipinski definition) is 15. The molecule has 3 rings (SSSR count). The molecule has 2 aliphatic heterocycles. The van der Waals surface area contributed by atoms with E-state index in [0.717, 1.165) is 33.3 Å². The SMILES string of the molecule is CNCCCC[C@@H]1NC(=O)CSC[C@@H](C(N)=O)NC(=O)[C@H](Cc2ccccc2)CC(=O)[C@@H]2CSSC[C@H](NC1=O)C(=O)C[C@@H](CCCN=C(N)N)C(=O)NCC(=O)C[C@@H](CC(=O)O)C(=O)N2. The molecule has 0 unspecified atom stereocenters. The molecule has 6 amide bonds. The lowest BCUT2D eigenvalue weighted by Gasteiger charge is -2.25. The van der Waals surface area contributed by atoms with Crippen molar-refractivity contribution in [1.29, 1.82) is 0 Å². The van der Waals surface area contributed by atoms with Crippen molar-refractivity contribution in [2.24, 2.45) is 39.9 Å². The van der Waals surface area contributed by atoms with Crippen LogP contribution in [-0.4, -0.2) is 144 Å². The lowest BCUT2D eigenvalue weighted by Crippen LogP contribution is -2.53. The number of carboxylic acids is 1. The highest BCUT2D eigenvalue weighted by Crippen LogP contribution is 2.27. The predicted molar refractivity (Wildman–Crippen MR) is 252 cm³/mol. The molecule has 0 radical (unpaired) electrons. The number of unbranched alkanes of at least 4 members (excludes halogenated alkanes) is 1. The molecular weight excluding hydrogens is 917 g/mol. The molecule has 2 saturated heterocycles. The number of nitrogens with zero attached hydrogens (tertiary/aromatic N) is 1. The van der Waals surface area contributed by atoms with Crippen molar-refractivity contribution < 1.29 is 53.1 Å². The van der Waals surface area contributed by atoms with Crippen molar-refractivity contribution in [2.45, 2.75) is 88.4 Å². The van der Waals surface area contributed by atoms with Gasteiger partial charge in [0, 0.05) is 54.9 Å². The van der Waals surface area contributed by atoms with Gasteiger partial charge < -0.3 is 54.2 Å². The maximum atomic E-state index is 14.3. The van der Waals surface area contributed by atoms with Gasteiger partial charge >= 0.3 is 5.97 Å². The molecule has 0 spiro atoms. The summed E-state index contributed by atoms with van der Waals surface area (Å²) in [6, 6.07) is 3.75. The van der Waals surface area contributed by atoms with Crippen LogP contribution in [-0.2, 0) is 54.4 Å². The van der Waals surface area contributed by atoms with Gasteiger partial charge in [-0.25, -0.2) is 0 Å². The van der Waals surface area contributed by atoms with Crippen LogP contribution >= 0.6 is 33.3 Å². The van der Waals surface area contributed by atoms with Crippen molar-refractivity contribution in [3.63, 3.8) is 0 Å². The van der Waals surface area contributed by atoms with Gasteiger partial charge in [-0.15, -0.1) is 11.8 Å². The van der Waals surface area contributed by atoms with Crippen molar-refractivity contribution in [3.8, 4) is 0 Å². The number of primary amides is 1. The molecule has 1 aromatic carbocycles. The first-order chi connectivity index (χ1) is 31.5. The van der Waals surface area contributed by atoms with Crippen LogP contribution in [0.5, 0.6) is 0 Å². The largest absolute Gasteiger partial charge is 0.481 e. The van der Waals surface area contributed by atoms with E-state index in [1.165, 1.54) is 0 Å². The van der Waals surface area contributed by atoms with E-state index >= 15 is 0 Å². The fourth-order valence-corrected chi connectivity index (χ4v) is 10.3. The zero-order valence-corrected chi connectivity index (χ0v) is 39.3. The fraction of sp³-hybridized carbons (Fsp3) is 0.595. The Labute approximate surface area is 395 Å². The lowest BCUT2D eigenvalue weighted by molar-refractivity contribution is -0.142. The summed E-state index contributed by atoms with van der Waals surface area (Å²) in [7, 11) is 3.88. The quantitative estimate of drug-likeness (QED) is 0.0441. The minimum absolute atomic E-state index is 0.0261. The number of fused-ring (bicyclic) bond motifs is 5. The Balaban J connectivity index is 2.13. The molecule has 0 aliphatic carbocycles. The molecule has 2 bridgehead atoms. The molecule has 1 aromatic rings. The van der Waals surface area contributed by atoms with Crippen molar-refractivity contribution >= 4 is 98.1 Å². The zero-order chi connectivity index (χ0) is 48.6. The van der Waals surface area contributed by atoms with Gasteiger partial charge in [0.2, 0.25) is 35.4 Å². The first-order valence-corrected chi connectivity index (χ1v) is 25.2. The molecule has 24 heteroatoms. The highest BCUT2D eigenvalue weighted by atomic mass is 33.1. The minimum Gasteiger partial charge on any atom is -0.481 e. The predicted octanol–water partition coefficient (Wildman–Crippen LogP) is -1.44. The third kappa shape index (κ3) is 20.5. The van der Waals surface area contributed by atoms with Crippen LogP contribution in [0.2, 0.25) is 0 Å². The second-order valence-corrected chi connectivity index (χ2v) is 19.6. The number of guanidine groups is 1. The van der Waals surface area contributed by atoms with Gasteiger partial charge in [-0.2, -0.15) is 0 Å². The van der Waals surface area contributed by atoms with Gasteiger partial charge in [-0.05, 0) is 57.7 Å². The molecule has 2 aliphatic rings. The number of carbonyl (C=O) groups excluding carboxylic acids is 9. The number of thioether (sulfide) groups is 1. The molecule has 2 heterocycles. The molecule has 364 valence electrons. The number of aliphatic carboxylic acids is 1. The van der Waals surface area contributed by atoms with Gasteiger partial charge in [0.25, 0.3) is 0 Å². The molecular formula is C42H62N10O11S3. The number of rotatable bonds is 14. The van der Waals surface area contributed by atoms with Crippen LogP contribution in [0.25, 0.3) is 0 Å². The number of nitrogens with one attached hydrogen (secondary N) is 6. The summed E-state index contributed by atoms with van der Waals surface area (Å²) < 4.78 is 0. The first kappa shape index (κ1) is 55.1. The maximum Gasteiger partial charge on any atom is 0.304 e. The van der Waals surface area contributed by atoms with Gasteiger partial charge in [0.1, 0.15) is 12.1 Å². The fourth-order valence-electron chi connectivity index (χ4n) is 7.08. The number of carbonyl (C=O) groups is 10. The van der Waals surface area contributed by atoms with Gasteiger partial charge in [-0.3, -0.25) is 52.9 Å². The standard InChI is InChI=1S/C42H62N10O11S3/c1-46-12-6-5-11-29-41(63)51-31-22-66-65-21-30(34(55)17-26(14-24-8-3-2-4-9-24)39(61)52-32(37(43)59)20-64-23-35(56)49-29)50-40(62)27(18-36(57)58)15-28(53)19-48-38(60)25(16-33(31)54)10-7-13-47-42(44)45/h2-4,8-9,25-27,29-32,46H,5-7,10-23H2,1H3,(H2,43,59)(H,48,60)(H,49,56)(H,50,62)(H,51,63)(H,52,61)(H,57,58)(H4,44,45,47)/t25-,26-,27+,29+,30+,31+,32+/m1/s1. The van der Waals surface area contributed by atoms with Gasteiger partial charge in [0.15, 0.2) is 23.3 Å². The van der Waals surface area contributed by atoms with Crippen molar-refractivity contribution in [1.82, 2.24) is 31.9 Å². The average molecular weight is 979 g/mol. The number of ketones is 3. The van der Waals surface area contributed by atoms with Crippen LogP contribution in [0, 0.1) is 17.8 Å². The highest BCUT2D eigenvalue weighted by Gasteiger charge is 2.35. The topological polar surface area (TPSA) is 354 Å². The molecule has 7 atom stereocenters. The van der Waals surface area contributed by atoms with Crippen molar-refractivity contribution in [2.75, 3.05) is 49.7 Å². The van der Waals surface area contributed by atoms with Gasteiger partial charge in [0.05, 0.1) is 36.7 Å². The summed E-state index contributed by atoms with van der Waals surface area (Å²) in [6.07, 6.45) is -0.584. The Morgan fingerprint density at radius 2 is 1.38 bits per heavy atom. The summed E-state index contributed by atoms with van der Waals surface area (Å²) in [5.41, 5.74) is 17.3. The Hall–Kier alpha value is -5.20. The maximum absolute atomic E-state index is 14.3. The van der Waals surface area contributed by atoms with E-state index < -0.39 is 133 Å². The molecule has 21 nitrogen and oxygen atoms in total. The average Bonchev–Trinajstić information content (AvgIpc) is 3.26. The summed E-state index contributed by atoms with van der Waals surface area (Å²) in [5, 5.41) is 26.0. The normalized spacial score (nSPS) is 25.1. The summed E-state index contributed by atoms with van der Waals surface area (Å²) in [5.74, 6) is -12.3. The number of Topliss-reactive ketones (excluding diaryl/α,β-unsaturated/α-hetero) is 3. The Bertz CT molecular complexity index is 1910. The monoisotopic (exact) mass is 978 g/mol. The molecule has 66 heavy (non-hydrogen) atoms. The minimum atomic E-state index is -1.46. The molecule has 0 aromatic heterocycles. The number of hydrogen-bond donors (Lipinski definition) is 10. The lowest BCUT2D eigenvalue weighted by atomic mass is 9.91. The smallest absolute Gasteiger partial charge is 0.304 e. The zero-order valence-electron chi connectivity index (χ0n) is 36.9. The first-order valence-electron chi connectivity index (χ1n) is 21.6. The Kier molecular flexibility index (Phi) is 24.6. The van der Waals surface area contributed by atoms with Crippen LogP contribution < -0.4 is 49.1 Å². The summed E-state index contributed by atoms with van der Waals surface area (Å²) in [6.45, 7) is 0.124. The van der Waals surface area contributed by atoms with E-state index in [1.807, 2.05) is 0 Å². The summed E-state index contributed by atoms with van der Waals surface area (Å²) >= 11 is 0.969. The summed E-state index contributed by atoms with van der Waals surface area (Å²) in [4.78, 5) is 139. The van der Waals surface area contributed by atoms with Crippen molar-refractivity contribution in [3.05, 3.63) is 35.9 Å². The van der Waals surface area contributed by atoms with E-state index in [4.69, 9.17) is 17.2 Å². The van der Waals surface area contributed by atoms with E-state index in [0.29, 0.717) is 24.9 Å². The number of benzene rings is 1.